The lowest BCUT2D eigenvalue weighted by molar-refractivity contribution is -0.140. The van der Waals surface area contributed by atoms with E-state index in [0.29, 0.717) is 16.9 Å². The number of hydrogen-bond acceptors (Lipinski definition) is 6. The number of methoxy groups -OCH3 is 1. The topological polar surface area (TPSA) is 89.0 Å². The summed E-state index contributed by atoms with van der Waals surface area (Å²) in [6, 6.07) is 15.3. The summed E-state index contributed by atoms with van der Waals surface area (Å²) in [5, 5.41) is 11.3. The number of carbonyl (C=O) groups is 2. The molecule has 5 rings (SSSR count). The SMILES string of the molecule is COc1ccc([C@H]2C(=C(O)c3ccc4c(c3)C[C@H](C)O4)C(=O)C(=O)N2Cc2ccncc2)cc1. The first-order valence-corrected chi connectivity index (χ1v) is 11.1. The molecule has 0 radical (unpaired) electrons. The number of hydrogen-bond donors (Lipinski definition) is 1. The van der Waals surface area contributed by atoms with Crippen LogP contribution in [-0.2, 0) is 22.6 Å². The van der Waals surface area contributed by atoms with E-state index in [2.05, 4.69) is 4.98 Å². The molecule has 2 aliphatic rings. The quantitative estimate of drug-likeness (QED) is 0.354. The Bertz CT molecular complexity index is 1280. The number of aliphatic hydroxyl groups is 1. The fraction of sp³-hybridized carbons (Fsp3) is 0.222. The molecule has 0 saturated carbocycles. The zero-order valence-electron chi connectivity index (χ0n) is 18.9. The maximum absolute atomic E-state index is 13.2. The zero-order chi connectivity index (χ0) is 23.8. The summed E-state index contributed by atoms with van der Waals surface area (Å²) < 4.78 is 11.0. The van der Waals surface area contributed by atoms with Crippen molar-refractivity contribution >= 4 is 17.4 Å². The molecule has 7 heteroatoms. The lowest BCUT2D eigenvalue weighted by Gasteiger charge is -2.25. The first-order valence-electron chi connectivity index (χ1n) is 11.1. The average molecular weight is 456 g/mol. The Balaban J connectivity index is 1.62. The van der Waals surface area contributed by atoms with Gasteiger partial charge < -0.3 is 19.5 Å². The Hall–Kier alpha value is -4.13. The standard InChI is InChI=1S/C27H24N2O5/c1-16-13-20-14-19(5-8-22(20)34-16)25(30)23-24(18-3-6-21(33-2)7-4-18)29(27(32)26(23)31)15-17-9-11-28-12-10-17/h3-12,14,16,24,30H,13,15H2,1-2H3/t16-,24-/m0/s1. The van der Waals surface area contributed by atoms with Crippen LogP contribution in [0.1, 0.15) is 35.2 Å². The van der Waals surface area contributed by atoms with Crippen LogP contribution >= 0.6 is 0 Å². The molecule has 3 heterocycles. The van der Waals surface area contributed by atoms with E-state index in [1.165, 1.54) is 4.90 Å². The van der Waals surface area contributed by atoms with Crippen LogP contribution in [0, 0.1) is 0 Å². The van der Waals surface area contributed by atoms with Gasteiger partial charge in [0, 0.05) is 30.9 Å². The summed E-state index contributed by atoms with van der Waals surface area (Å²) in [6.45, 7) is 2.18. The first-order chi connectivity index (χ1) is 16.5. The lowest BCUT2D eigenvalue weighted by atomic mass is 9.94. The van der Waals surface area contributed by atoms with Crippen molar-refractivity contribution in [2.24, 2.45) is 0 Å². The number of rotatable bonds is 5. The molecule has 0 bridgehead atoms. The largest absolute Gasteiger partial charge is 0.507 e. The van der Waals surface area contributed by atoms with Crippen molar-refractivity contribution in [1.82, 2.24) is 9.88 Å². The number of benzene rings is 2. The van der Waals surface area contributed by atoms with Gasteiger partial charge in [-0.3, -0.25) is 14.6 Å². The van der Waals surface area contributed by atoms with Crippen LogP contribution < -0.4 is 9.47 Å². The summed E-state index contributed by atoms with van der Waals surface area (Å²) in [7, 11) is 1.57. The molecule has 1 amide bonds. The van der Waals surface area contributed by atoms with Crippen molar-refractivity contribution in [3.63, 3.8) is 0 Å². The Morgan fingerprint density at radius 2 is 1.85 bits per heavy atom. The van der Waals surface area contributed by atoms with Crippen molar-refractivity contribution < 1.29 is 24.2 Å². The van der Waals surface area contributed by atoms with Crippen LogP contribution in [0.25, 0.3) is 5.76 Å². The summed E-state index contributed by atoms with van der Waals surface area (Å²) in [4.78, 5) is 31.9. The summed E-state index contributed by atoms with van der Waals surface area (Å²) in [5.41, 5.74) is 3.05. The molecule has 2 atom stereocenters. The third-order valence-corrected chi connectivity index (χ3v) is 6.24. The molecule has 0 aliphatic carbocycles. The van der Waals surface area contributed by atoms with Gasteiger partial charge in [0.25, 0.3) is 11.7 Å². The normalized spacial score (nSPS) is 20.8. The molecular formula is C27H24N2O5. The highest BCUT2D eigenvalue weighted by Gasteiger charge is 2.46. The molecule has 2 aliphatic heterocycles. The van der Waals surface area contributed by atoms with Crippen LogP contribution in [0.2, 0.25) is 0 Å². The molecule has 0 spiro atoms. The van der Waals surface area contributed by atoms with Crippen molar-refractivity contribution in [2.45, 2.75) is 32.0 Å². The van der Waals surface area contributed by atoms with Crippen LogP contribution in [0.15, 0.2) is 72.6 Å². The second-order valence-corrected chi connectivity index (χ2v) is 8.51. The summed E-state index contributed by atoms with van der Waals surface area (Å²) >= 11 is 0. The van der Waals surface area contributed by atoms with Gasteiger partial charge in [-0.1, -0.05) is 12.1 Å². The second-order valence-electron chi connectivity index (χ2n) is 8.51. The van der Waals surface area contributed by atoms with Gasteiger partial charge in [0.2, 0.25) is 0 Å². The number of carbonyl (C=O) groups excluding carboxylic acids is 2. The number of nitrogens with zero attached hydrogens (tertiary/aromatic N) is 2. The number of aliphatic hydroxyl groups excluding tert-OH is 1. The molecular weight excluding hydrogens is 432 g/mol. The van der Waals surface area contributed by atoms with E-state index in [0.717, 1.165) is 23.3 Å². The smallest absolute Gasteiger partial charge is 0.295 e. The number of amides is 1. The van der Waals surface area contributed by atoms with E-state index >= 15 is 0 Å². The third kappa shape index (κ3) is 3.79. The van der Waals surface area contributed by atoms with E-state index in [9.17, 15) is 14.7 Å². The van der Waals surface area contributed by atoms with E-state index in [-0.39, 0.29) is 24.0 Å². The van der Waals surface area contributed by atoms with Crippen LogP contribution in [0.5, 0.6) is 11.5 Å². The third-order valence-electron chi connectivity index (χ3n) is 6.24. The number of Topliss-reactive ketones (excluding diaryl/α,β-unsaturated/α-hetero) is 1. The maximum Gasteiger partial charge on any atom is 0.295 e. The zero-order valence-corrected chi connectivity index (χ0v) is 18.9. The Labute approximate surface area is 197 Å². The molecule has 1 aromatic heterocycles. The number of likely N-dealkylation sites (tertiary alicyclic amines) is 1. The minimum atomic E-state index is -0.748. The number of pyridine rings is 1. The fourth-order valence-corrected chi connectivity index (χ4v) is 4.59. The van der Waals surface area contributed by atoms with Gasteiger partial charge in [-0.05, 0) is 66.1 Å². The van der Waals surface area contributed by atoms with Gasteiger partial charge in [-0.2, -0.15) is 0 Å². The molecule has 2 aromatic carbocycles. The molecule has 172 valence electrons. The molecule has 34 heavy (non-hydrogen) atoms. The van der Waals surface area contributed by atoms with Gasteiger partial charge in [-0.15, -0.1) is 0 Å². The number of ketones is 1. The monoisotopic (exact) mass is 456 g/mol. The molecule has 1 N–H and O–H groups in total. The van der Waals surface area contributed by atoms with Crippen LogP contribution in [0.4, 0.5) is 0 Å². The van der Waals surface area contributed by atoms with Crippen molar-refractivity contribution in [3.8, 4) is 11.5 Å². The minimum Gasteiger partial charge on any atom is -0.507 e. The Morgan fingerprint density at radius 3 is 2.56 bits per heavy atom. The molecule has 3 aromatic rings. The minimum absolute atomic E-state index is 0.0534. The van der Waals surface area contributed by atoms with Crippen molar-refractivity contribution in [1.29, 1.82) is 0 Å². The Morgan fingerprint density at radius 1 is 1.12 bits per heavy atom. The molecule has 0 unspecified atom stereocenters. The average Bonchev–Trinajstić information content (AvgIpc) is 3.35. The van der Waals surface area contributed by atoms with Crippen molar-refractivity contribution in [3.05, 3.63) is 94.8 Å². The van der Waals surface area contributed by atoms with Crippen LogP contribution in [-0.4, -0.2) is 39.9 Å². The second kappa shape index (κ2) is 8.67. The highest BCUT2D eigenvalue weighted by molar-refractivity contribution is 6.46. The fourth-order valence-electron chi connectivity index (χ4n) is 4.59. The van der Waals surface area contributed by atoms with Gasteiger partial charge in [0.1, 0.15) is 23.4 Å². The summed E-state index contributed by atoms with van der Waals surface area (Å²) in [5.74, 6) is -0.134. The first kappa shape index (κ1) is 21.7. The van der Waals surface area contributed by atoms with E-state index in [4.69, 9.17) is 9.47 Å². The van der Waals surface area contributed by atoms with Gasteiger partial charge in [0.15, 0.2) is 0 Å². The van der Waals surface area contributed by atoms with Crippen LogP contribution in [0.3, 0.4) is 0 Å². The van der Waals surface area contributed by atoms with E-state index in [1.807, 2.05) is 13.0 Å². The van der Waals surface area contributed by atoms with Crippen molar-refractivity contribution in [2.75, 3.05) is 7.11 Å². The molecule has 1 saturated heterocycles. The van der Waals surface area contributed by atoms with Gasteiger partial charge in [-0.25, -0.2) is 0 Å². The predicted molar refractivity (Wildman–Crippen MR) is 125 cm³/mol. The molecule has 1 fully saturated rings. The Kier molecular flexibility index (Phi) is 5.53. The van der Waals surface area contributed by atoms with Gasteiger partial charge in [0.05, 0.1) is 18.7 Å². The molecule has 7 nitrogen and oxygen atoms in total. The number of aromatic nitrogens is 1. The highest BCUT2D eigenvalue weighted by atomic mass is 16.5. The van der Waals surface area contributed by atoms with Gasteiger partial charge >= 0.3 is 0 Å². The predicted octanol–water partition coefficient (Wildman–Crippen LogP) is 4.04. The highest BCUT2D eigenvalue weighted by Crippen LogP contribution is 2.41. The number of fused-ring (bicyclic) bond motifs is 1. The lowest BCUT2D eigenvalue weighted by Crippen LogP contribution is -2.29. The van der Waals surface area contributed by atoms with E-state index in [1.54, 1.807) is 68.0 Å². The summed E-state index contributed by atoms with van der Waals surface area (Å²) in [6.07, 6.45) is 4.05. The number of ether oxygens (including phenoxy) is 2. The van der Waals surface area contributed by atoms with E-state index < -0.39 is 17.7 Å². The maximum atomic E-state index is 13.2.